The zero-order valence-corrected chi connectivity index (χ0v) is 11.9. The number of carboxylic acids is 1. The molecule has 2 aromatic heterocycles. The highest BCUT2D eigenvalue weighted by Crippen LogP contribution is 2.23. The molecule has 3 aromatic rings. The lowest BCUT2D eigenvalue weighted by Crippen LogP contribution is -2.06. The Morgan fingerprint density at radius 3 is 2.68 bits per heavy atom. The van der Waals surface area contributed by atoms with Gasteiger partial charge in [-0.2, -0.15) is 0 Å². The third-order valence-electron chi connectivity index (χ3n) is 3.29. The number of hydrogen-bond acceptors (Lipinski definition) is 4. The summed E-state index contributed by atoms with van der Waals surface area (Å²) in [5.74, 6) is -0.890. The maximum absolute atomic E-state index is 10.9. The van der Waals surface area contributed by atoms with E-state index >= 15 is 0 Å². The molecular weight excluding hydrogens is 278 g/mol. The van der Waals surface area contributed by atoms with Crippen LogP contribution in [0.1, 0.15) is 11.4 Å². The number of aliphatic carboxylic acids is 1. The molecule has 0 spiro atoms. The van der Waals surface area contributed by atoms with Gasteiger partial charge in [0.1, 0.15) is 0 Å². The van der Waals surface area contributed by atoms with Gasteiger partial charge in [0.05, 0.1) is 29.9 Å². The van der Waals surface area contributed by atoms with Crippen LogP contribution in [-0.2, 0) is 17.8 Å². The number of carbonyl (C=O) groups is 1. The lowest BCUT2D eigenvalue weighted by Gasteiger charge is -2.11. The van der Waals surface area contributed by atoms with E-state index in [9.17, 15) is 4.79 Å². The van der Waals surface area contributed by atoms with Crippen LogP contribution in [0.2, 0.25) is 0 Å². The van der Waals surface area contributed by atoms with Crippen LogP contribution in [0.25, 0.3) is 10.9 Å². The Labute approximate surface area is 127 Å². The first kappa shape index (κ1) is 14.0. The fourth-order valence-corrected chi connectivity index (χ4v) is 2.31. The van der Waals surface area contributed by atoms with Crippen molar-refractivity contribution in [3.05, 3.63) is 66.1 Å². The van der Waals surface area contributed by atoms with Crippen molar-refractivity contribution in [2.45, 2.75) is 13.0 Å². The van der Waals surface area contributed by atoms with E-state index in [0.717, 1.165) is 22.3 Å². The van der Waals surface area contributed by atoms with E-state index < -0.39 is 5.97 Å². The summed E-state index contributed by atoms with van der Waals surface area (Å²) in [4.78, 5) is 19.6. The topological polar surface area (TPSA) is 75.1 Å². The average Bonchev–Trinajstić information content (AvgIpc) is 2.53. The Kier molecular flexibility index (Phi) is 3.96. The molecule has 0 aliphatic carbocycles. The standard InChI is InChI=1S/C17H15N3O2/c21-17(22)10-13-9-16(14-6-1-2-7-15(14)20-13)19-11-12-5-3-4-8-18-12/h1-9H,10-11H2,(H,19,20)(H,21,22). The van der Waals surface area contributed by atoms with Crippen molar-refractivity contribution in [3.63, 3.8) is 0 Å². The van der Waals surface area contributed by atoms with Gasteiger partial charge in [0.25, 0.3) is 0 Å². The SMILES string of the molecule is O=C(O)Cc1cc(NCc2ccccn2)c2ccccc2n1. The number of carboxylic acid groups (broad SMARTS) is 1. The summed E-state index contributed by atoms with van der Waals surface area (Å²) in [6.07, 6.45) is 1.65. The number of hydrogen-bond donors (Lipinski definition) is 2. The van der Waals surface area contributed by atoms with Crippen molar-refractivity contribution in [2.75, 3.05) is 5.32 Å². The highest BCUT2D eigenvalue weighted by Gasteiger charge is 2.08. The molecule has 0 aliphatic rings. The number of para-hydroxylation sites is 1. The van der Waals surface area contributed by atoms with Crippen LogP contribution < -0.4 is 5.32 Å². The van der Waals surface area contributed by atoms with E-state index in [2.05, 4.69) is 15.3 Å². The first-order chi connectivity index (χ1) is 10.7. The lowest BCUT2D eigenvalue weighted by atomic mass is 10.1. The predicted molar refractivity (Wildman–Crippen MR) is 84.6 cm³/mol. The normalized spacial score (nSPS) is 10.5. The molecule has 1 aromatic carbocycles. The van der Waals surface area contributed by atoms with E-state index in [0.29, 0.717) is 12.2 Å². The first-order valence-electron chi connectivity index (χ1n) is 6.96. The molecule has 5 heteroatoms. The van der Waals surface area contributed by atoms with Crippen molar-refractivity contribution in [2.24, 2.45) is 0 Å². The van der Waals surface area contributed by atoms with Gasteiger partial charge in [0.15, 0.2) is 0 Å². The Hall–Kier alpha value is -2.95. The molecule has 0 bridgehead atoms. The Balaban J connectivity index is 1.93. The summed E-state index contributed by atoms with van der Waals surface area (Å²) in [6, 6.07) is 15.2. The van der Waals surface area contributed by atoms with Crippen LogP contribution in [0.3, 0.4) is 0 Å². The number of nitrogens with one attached hydrogen (secondary N) is 1. The number of aromatic nitrogens is 2. The largest absolute Gasteiger partial charge is 0.481 e. The van der Waals surface area contributed by atoms with Gasteiger partial charge in [-0.1, -0.05) is 24.3 Å². The van der Waals surface area contributed by atoms with Gasteiger partial charge in [-0.25, -0.2) is 0 Å². The monoisotopic (exact) mass is 293 g/mol. The average molecular weight is 293 g/mol. The Bertz CT molecular complexity index is 803. The molecule has 0 fully saturated rings. The fraction of sp³-hybridized carbons (Fsp3) is 0.118. The van der Waals surface area contributed by atoms with Gasteiger partial charge in [0, 0.05) is 17.3 Å². The van der Waals surface area contributed by atoms with Gasteiger partial charge in [-0.3, -0.25) is 14.8 Å². The second kappa shape index (κ2) is 6.22. The third kappa shape index (κ3) is 3.20. The summed E-state index contributed by atoms with van der Waals surface area (Å²) < 4.78 is 0. The minimum absolute atomic E-state index is 0.0941. The molecule has 0 saturated heterocycles. The van der Waals surface area contributed by atoms with E-state index in [1.54, 1.807) is 12.3 Å². The van der Waals surface area contributed by atoms with Crippen LogP contribution in [0.5, 0.6) is 0 Å². The highest BCUT2D eigenvalue weighted by molar-refractivity contribution is 5.91. The molecule has 110 valence electrons. The van der Waals surface area contributed by atoms with Crippen LogP contribution in [0.15, 0.2) is 54.7 Å². The van der Waals surface area contributed by atoms with E-state index in [1.165, 1.54) is 0 Å². The number of benzene rings is 1. The fourth-order valence-electron chi connectivity index (χ4n) is 2.31. The zero-order chi connectivity index (χ0) is 15.4. The highest BCUT2D eigenvalue weighted by atomic mass is 16.4. The summed E-state index contributed by atoms with van der Waals surface area (Å²) in [5, 5.41) is 13.3. The number of anilines is 1. The number of nitrogens with zero attached hydrogens (tertiary/aromatic N) is 2. The predicted octanol–water partition coefficient (Wildman–Crippen LogP) is 2.87. The van der Waals surface area contributed by atoms with Crippen LogP contribution in [0.4, 0.5) is 5.69 Å². The summed E-state index contributed by atoms with van der Waals surface area (Å²) in [7, 11) is 0. The zero-order valence-electron chi connectivity index (χ0n) is 11.9. The number of pyridine rings is 2. The molecule has 0 aliphatic heterocycles. The summed E-state index contributed by atoms with van der Waals surface area (Å²) in [5.41, 5.74) is 3.11. The Morgan fingerprint density at radius 1 is 1.09 bits per heavy atom. The molecule has 2 N–H and O–H groups in total. The third-order valence-corrected chi connectivity index (χ3v) is 3.29. The molecule has 2 heterocycles. The number of fused-ring (bicyclic) bond motifs is 1. The molecule has 22 heavy (non-hydrogen) atoms. The van der Waals surface area contributed by atoms with Crippen LogP contribution in [-0.4, -0.2) is 21.0 Å². The van der Waals surface area contributed by atoms with Gasteiger partial charge in [0.2, 0.25) is 0 Å². The van der Waals surface area contributed by atoms with Crippen LogP contribution >= 0.6 is 0 Å². The van der Waals surface area contributed by atoms with Gasteiger partial charge in [-0.15, -0.1) is 0 Å². The molecule has 0 unspecified atom stereocenters. The van der Waals surface area contributed by atoms with E-state index in [4.69, 9.17) is 5.11 Å². The van der Waals surface area contributed by atoms with E-state index in [1.807, 2.05) is 42.5 Å². The van der Waals surface area contributed by atoms with Crippen LogP contribution in [0, 0.1) is 0 Å². The van der Waals surface area contributed by atoms with Gasteiger partial charge < -0.3 is 10.4 Å². The Morgan fingerprint density at radius 2 is 1.91 bits per heavy atom. The molecular formula is C17H15N3O2. The van der Waals surface area contributed by atoms with Crippen molar-refractivity contribution >= 4 is 22.6 Å². The maximum atomic E-state index is 10.9. The maximum Gasteiger partial charge on any atom is 0.309 e. The summed E-state index contributed by atoms with van der Waals surface area (Å²) >= 11 is 0. The minimum Gasteiger partial charge on any atom is -0.481 e. The molecule has 0 saturated carbocycles. The quantitative estimate of drug-likeness (QED) is 0.756. The van der Waals surface area contributed by atoms with E-state index in [-0.39, 0.29) is 6.42 Å². The molecule has 5 nitrogen and oxygen atoms in total. The van der Waals surface area contributed by atoms with Gasteiger partial charge >= 0.3 is 5.97 Å². The summed E-state index contributed by atoms with van der Waals surface area (Å²) in [6.45, 7) is 0.571. The van der Waals surface area contributed by atoms with Crippen molar-refractivity contribution in [3.8, 4) is 0 Å². The van der Waals surface area contributed by atoms with Crippen molar-refractivity contribution < 1.29 is 9.90 Å². The lowest BCUT2D eigenvalue weighted by molar-refractivity contribution is -0.136. The van der Waals surface area contributed by atoms with Crippen molar-refractivity contribution in [1.29, 1.82) is 0 Å². The molecule has 0 radical (unpaired) electrons. The molecule has 3 rings (SSSR count). The van der Waals surface area contributed by atoms with Gasteiger partial charge in [-0.05, 0) is 24.3 Å². The van der Waals surface area contributed by atoms with Crippen molar-refractivity contribution in [1.82, 2.24) is 9.97 Å². The molecule has 0 atom stereocenters. The second-order valence-electron chi connectivity index (χ2n) is 4.92. The first-order valence-corrected chi connectivity index (χ1v) is 6.96. The smallest absolute Gasteiger partial charge is 0.309 e. The number of rotatable bonds is 5. The minimum atomic E-state index is -0.890. The second-order valence-corrected chi connectivity index (χ2v) is 4.92. The molecule has 0 amide bonds.